The number of hydrogen-bond donors (Lipinski definition) is 1. The summed E-state index contributed by atoms with van der Waals surface area (Å²) in [6, 6.07) is 9.78. The number of nitrogens with zero attached hydrogens (tertiary/aromatic N) is 4. The number of amides is 1. The van der Waals surface area contributed by atoms with Gasteiger partial charge in [-0.25, -0.2) is 4.98 Å². The molecule has 7 nitrogen and oxygen atoms in total. The summed E-state index contributed by atoms with van der Waals surface area (Å²) in [6.07, 6.45) is 1.80. The molecule has 0 saturated carbocycles. The average Bonchev–Trinajstić information content (AvgIpc) is 3.21. The van der Waals surface area contributed by atoms with Gasteiger partial charge in [0.2, 0.25) is 0 Å². The molecule has 1 fully saturated rings. The normalized spacial score (nSPS) is 15.9. The maximum Gasteiger partial charge on any atom is 0.274 e. The molecule has 1 aliphatic rings. The largest absolute Gasteiger partial charge is 0.380 e. The van der Waals surface area contributed by atoms with Gasteiger partial charge in [0, 0.05) is 19.0 Å². The van der Waals surface area contributed by atoms with Gasteiger partial charge in [-0.2, -0.15) is 5.10 Å². The Hall–Kier alpha value is -2.67. The third kappa shape index (κ3) is 3.02. The topological polar surface area (TPSA) is 76.0 Å². The fourth-order valence-corrected chi connectivity index (χ4v) is 3.25. The molecule has 1 N–H and O–H groups in total. The maximum atomic E-state index is 12.6. The quantitative estimate of drug-likeness (QED) is 0.770. The summed E-state index contributed by atoms with van der Waals surface area (Å²) in [5, 5.41) is 7.15. The molecule has 25 heavy (non-hydrogen) atoms. The third-order valence-electron chi connectivity index (χ3n) is 4.58. The van der Waals surface area contributed by atoms with Crippen LogP contribution >= 0.6 is 0 Å². The number of carbonyl (C=O) groups excluding carboxylic acids is 1. The summed E-state index contributed by atoms with van der Waals surface area (Å²) in [4.78, 5) is 18.7. The van der Waals surface area contributed by atoms with E-state index in [4.69, 9.17) is 4.74 Å². The molecule has 0 aliphatic carbocycles. The van der Waals surface area contributed by atoms with E-state index in [2.05, 4.69) is 22.1 Å². The minimum atomic E-state index is -0.0777. The lowest BCUT2D eigenvalue weighted by molar-refractivity contribution is -0.109. The Balaban J connectivity index is 1.47. The molecule has 0 atom stereocenters. The lowest BCUT2D eigenvalue weighted by Gasteiger charge is -2.40. The van der Waals surface area contributed by atoms with E-state index in [0.29, 0.717) is 32.0 Å². The summed E-state index contributed by atoms with van der Waals surface area (Å²) in [5.41, 5.74) is 3.37. The molecule has 0 unspecified atom stereocenters. The number of H-pyrrole nitrogens is 1. The molecular weight excluding hydrogens is 318 g/mol. The Morgan fingerprint density at radius 3 is 2.96 bits per heavy atom. The molecule has 1 aromatic carbocycles. The first-order valence-electron chi connectivity index (χ1n) is 8.31. The van der Waals surface area contributed by atoms with Crippen LogP contribution in [-0.2, 0) is 11.3 Å². The smallest absolute Gasteiger partial charge is 0.274 e. The van der Waals surface area contributed by atoms with Crippen molar-refractivity contribution in [1.29, 1.82) is 0 Å². The van der Waals surface area contributed by atoms with Crippen LogP contribution in [0, 0.1) is 5.41 Å². The molecule has 0 bridgehead atoms. The summed E-state index contributed by atoms with van der Waals surface area (Å²) >= 11 is 0. The van der Waals surface area contributed by atoms with E-state index >= 15 is 0 Å². The minimum absolute atomic E-state index is 0.0548. The maximum absolute atomic E-state index is 12.6. The fraction of sp³-hybridized carbons (Fsp3) is 0.389. The zero-order chi connectivity index (χ0) is 17.4. The Labute approximate surface area is 145 Å². The first-order chi connectivity index (χ1) is 12.0. The van der Waals surface area contributed by atoms with Crippen molar-refractivity contribution in [1.82, 2.24) is 24.6 Å². The van der Waals surface area contributed by atoms with Crippen LogP contribution in [0.15, 0.2) is 36.7 Å². The van der Waals surface area contributed by atoms with Crippen LogP contribution in [-0.4, -0.2) is 57.4 Å². The molecule has 130 valence electrons. The van der Waals surface area contributed by atoms with Gasteiger partial charge in [-0.05, 0) is 18.2 Å². The van der Waals surface area contributed by atoms with Gasteiger partial charge in [-0.3, -0.25) is 9.89 Å². The van der Waals surface area contributed by atoms with E-state index in [0.717, 1.165) is 16.7 Å². The van der Waals surface area contributed by atoms with E-state index in [-0.39, 0.29) is 11.3 Å². The Kier molecular flexibility index (Phi) is 3.80. The lowest BCUT2D eigenvalue weighted by Crippen LogP contribution is -2.49. The standard InChI is InChI=1S/C18H21N5O2/c1-18(10-25-11-18)9-22(2)17(24)15-7-13(20-21-15)8-23-12-19-14-5-3-4-6-16(14)23/h3-7,12H,8-11H2,1-2H3,(H,20,21). The zero-order valence-electron chi connectivity index (χ0n) is 14.4. The molecule has 0 radical (unpaired) electrons. The van der Waals surface area contributed by atoms with Crippen molar-refractivity contribution >= 4 is 16.9 Å². The Morgan fingerprint density at radius 2 is 2.20 bits per heavy atom. The highest BCUT2D eigenvalue weighted by Gasteiger charge is 2.36. The van der Waals surface area contributed by atoms with Crippen molar-refractivity contribution in [2.75, 3.05) is 26.8 Å². The second kappa shape index (κ2) is 6.00. The number of carbonyl (C=O) groups is 1. The molecule has 4 rings (SSSR count). The van der Waals surface area contributed by atoms with Crippen LogP contribution in [0.25, 0.3) is 11.0 Å². The number of fused-ring (bicyclic) bond motifs is 1. The van der Waals surface area contributed by atoms with E-state index in [9.17, 15) is 4.79 Å². The second-order valence-electron chi connectivity index (χ2n) is 7.10. The molecule has 2 aromatic heterocycles. The van der Waals surface area contributed by atoms with Crippen LogP contribution in [0.4, 0.5) is 0 Å². The minimum Gasteiger partial charge on any atom is -0.380 e. The zero-order valence-corrected chi connectivity index (χ0v) is 14.4. The first kappa shape index (κ1) is 15.8. The summed E-state index contributed by atoms with van der Waals surface area (Å²) < 4.78 is 7.29. The van der Waals surface area contributed by atoms with Crippen LogP contribution in [0.5, 0.6) is 0 Å². The van der Waals surface area contributed by atoms with Gasteiger partial charge >= 0.3 is 0 Å². The van der Waals surface area contributed by atoms with Crippen LogP contribution in [0.3, 0.4) is 0 Å². The number of aromatic nitrogens is 4. The van der Waals surface area contributed by atoms with Crippen LogP contribution in [0.2, 0.25) is 0 Å². The van der Waals surface area contributed by atoms with Crippen LogP contribution < -0.4 is 0 Å². The predicted molar refractivity (Wildman–Crippen MR) is 93.3 cm³/mol. The number of hydrogen-bond acceptors (Lipinski definition) is 4. The second-order valence-corrected chi connectivity index (χ2v) is 7.10. The third-order valence-corrected chi connectivity index (χ3v) is 4.58. The first-order valence-corrected chi connectivity index (χ1v) is 8.31. The van der Waals surface area contributed by atoms with Gasteiger partial charge < -0.3 is 14.2 Å². The number of imidazole rings is 1. The monoisotopic (exact) mass is 339 g/mol. The van der Waals surface area contributed by atoms with Gasteiger partial charge in [0.05, 0.1) is 42.8 Å². The van der Waals surface area contributed by atoms with Crippen molar-refractivity contribution in [3.63, 3.8) is 0 Å². The van der Waals surface area contributed by atoms with Gasteiger partial charge in [0.1, 0.15) is 5.69 Å². The van der Waals surface area contributed by atoms with E-state index in [1.165, 1.54) is 0 Å². The molecular formula is C18H21N5O2. The van der Waals surface area contributed by atoms with E-state index < -0.39 is 0 Å². The van der Waals surface area contributed by atoms with Crippen molar-refractivity contribution < 1.29 is 9.53 Å². The van der Waals surface area contributed by atoms with E-state index in [1.807, 2.05) is 41.9 Å². The number of nitrogens with one attached hydrogen (secondary N) is 1. The lowest BCUT2D eigenvalue weighted by atomic mass is 9.88. The Bertz CT molecular complexity index is 909. The SMILES string of the molecule is CN(CC1(C)COC1)C(=O)c1cc(Cn2cnc3ccccc32)[nH]n1. The van der Waals surface area contributed by atoms with E-state index in [1.54, 1.807) is 11.2 Å². The number of ether oxygens (including phenoxy) is 1. The number of rotatable bonds is 5. The highest BCUT2D eigenvalue weighted by atomic mass is 16.5. The number of aromatic amines is 1. The molecule has 7 heteroatoms. The summed E-state index contributed by atoms with van der Waals surface area (Å²) in [5.74, 6) is -0.0777. The number of para-hydroxylation sites is 2. The van der Waals surface area contributed by atoms with Gasteiger partial charge in [0.25, 0.3) is 5.91 Å². The van der Waals surface area contributed by atoms with Gasteiger partial charge in [-0.1, -0.05) is 19.1 Å². The highest BCUT2D eigenvalue weighted by Crippen LogP contribution is 2.27. The average molecular weight is 339 g/mol. The van der Waals surface area contributed by atoms with Gasteiger partial charge in [0.15, 0.2) is 0 Å². The summed E-state index contributed by atoms with van der Waals surface area (Å²) in [6.45, 7) is 4.78. The molecule has 0 spiro atoms. The highest BCUT2D eigenvalue weighted by molar-refractivity contribution is 5.92. The van der Waals surface area contributed by atoms with Crippen molar-refractivity contribution in [2.24, 2.45) is 5.41 Å². The van der Waals surface area contributed by atoms with Crippen molar-refractivity contribution in [2.45, 2.75) is 13.5 Å². The number of benzene rings is 1. The molecule has 3 aromatic rings. The fourth-order valence-electron chi connectivity index (χ4n) is 3.25. The predicted octanol–water partition coefficient (Wildman–Crippen LogP) is 1.92. The summed E-state index contributed by atoms with van der Waals surface area (Å²) in [7, 11) is 1.81. The molecule has 1 aliphatic heterocycles. The Morgan fingerprint density at radius 1 is 1.40 bits per heavy atom. The van der Waals surface area contributed by atoms with Crippen LogP contribution in [0.1, 0.15) is 23.1 Å². The molecule has 3 heterocycles. The van der Waals surface area contributed by atoms with Gasteiger partial charge in [-0.15, -0.1) is 0 Å². The van der Waals surface area contributed by atoms with Crippen molar-refractivity contribution in [3.05, 3.63) is 48.0 Å². The molecule has 1 saturated heterocycles. The molecule has 1 amide bonds. The van der Waals surface area contributed by atoms with Crippen molar-refractivity contribution in [3.8, 4) is 0 Å².